The van der Waals surface area contributed by atoms with E-state index in [-0.39, 0.29) is 6.42 Å². The van der Waals surface area contributed by atoms with Crippen LogP contribution in [0.2, 0.25) is 0 Å². The van der Waals surface area contributed by atoms with Crippen LogP contribution in [0.5, 0.6) is 17.2 Å². The summed E-state index contributed by atoms with van der Waals surface area (Å²) in [4.78, 5) is 26.3. The van der Waals surface area contributed by atoms with Crippen molar-refractivity contribution in [3.63, 3.8) is 0 Å². The lowest BCUT2D eigenvalue weighted by Crippen LogP contribution is -2.21. The fraction of sp³-hybridized carbons (Fsp3) is 0.300. The molecule has 0 unspecified atom stereocenters. The van der Waals surface area contributed by atoms with E-state index in [1.54, 1.807) is 24.3 Å². The molecule has 2 aromatic rings. The quantitative estimate of drug-likeness (QED) is 0.677. The van der Waals surface area contributed by atoms with Crippen LogP contribution < -0.4 is 29.7 Å². The molecule has 0 bridgehead atoms. The normalized spacial score (nSPS) is 10.0. The summed E-state index contributed by atoms with van der Waals surface area (Å²) in [6, 6.07) is 10.5. The predicted octanol–water partition coefficient (Wildman–Crippen LogP) is 2.75. The summed E-state index contributed by atoms with van der Waals surface area (Å²) in [5.74, 6) is 0.353. The molecule has 0 spiro atoms. The zero-order valence-corrected chi connectivity index (χ0v) is 16.7. The van der Waals surface area contributed by atoms with Gasteiger partial charge >= 0.3 is 0 Å². The van der Waals surface area contributed by atoms with Gasteiger partial charge in [-0.2, -0.15) is 0 Å². The van der Waals surface area contributed by atoms with Gasteiger partial charge in [-0.05, 0) is 24.3 Å². The Bertz CT molecular complexity index is 809. The number of nitrogens with zero attached hydrogens (tertiary/aromatic N) is 1. The number of methoxy groups -OCH3 is 3. The van der Waals surface area contributed by atoms with Crippen LogP contribution >= 0.6 is 0 Å². The maximum absolute atomic E-state index is 12.2. The van der Waals surface area contributed by atoms with Crippen molar-refractivity contribution in [1.82, 2.24) is 0 Å². The average molecular weight is 387 g/mol. The number of ether oxygens (including phenoxy) is 3. The molecule has 0 aliphatic carbocycles. The predicted molar refractivity (Wildman–Crippen MR) is 109 cm³/mol. The second-order valence-corrected chi connectivity index (χ2v) is 6.13. The molecule has 0 saturated heterocycles. The topological polar surface area (TPSA) is 89.1 Å². The third-order valence-electron chi connectivity index (χ3n) is 3.94. The fourth-order valence-electron chi connectivity index (χ4n) is 2.55. The number of carbonyl (C=O) groups is 2. The van der Waals surface area contributed by atoms with Crippen LogP contribution in [0.3, 0.4) is 0 Å². The summed E-state index contributed by atoms with van der Waals surface area (Å²) in [6.45, 7) is 0. The SMILES string of the molecule is COc1cc(NC(=O)CC(=O)Nc2ccc(N(C)C)cc2)cc(OC)c1OC. The Morgan fingerprint density at radius 1 is 0.821 bits per heavy atom. The molecule has 0 radical (unpaired) electrons. The van der Waals surface area contributed by atoms with Crippen LogP contribution in [0, 0.1) is 0 Å². The summed E-state index contributed by atoms with van der Waals surface area (Å²) in [5.41, 5.74) is 2.07. The van der Waals surface area contributed by atoms with Gasteiger partial charge < -0.3 is 29.7 Å². The van der Waals surface area contributed by atoms with Gasteiger partial charge in [0.2, 0.25) is 17.6 Å². The highest BCUT2D eigenvalue weighted by atomic mass is 16.5. The van der Waals surface area contributed by atoms with Crippen LogP contribution in [0.15, 0.2) is 36.4 Å². The highest BCUT2D eigenvalue weighted by molar-refractivity contribution is 6.08. The molecule has 0 heterocycles. The van der Waals surface area contributed by atoms with Gasteiger partial charge in [-0.1, -0.05) is 0 Å². The Labute approximate surface area is 164 Å². The summed E-state index contributed by atoms with van der Waals surface area (Å²) >= 11 is 0. The lowest BCUT2D eigenvalue weighted by Gasteiger charge is -2.15. The molecule has 150 valence electrons. The minimum atomic E-state index is -0.461. The van der Waals surface area contributed by atoms with E-state index in [9.17, 15) is 9.59 Å². The summed E-state index contributed by atoms with van der Waals surface area (Å²) in [5, 5.41) is 5.36. The first-order chi connectivity index (χ1) is 13.4. The van der Waals surface area contributed by atoms with E-state index in [4.69, 9.17) is 14.2 Å². The third-order valence-corrected chi connectivity index (χ3v) is 3.94. The van der Waals surface area contributed by atoms with Crippen molar-refractivity contribution in [2.45, 2.75) is 6.42 Å². The molecule has 8 nitrogen and oxygen atoms in total. The number of hydrogen-bond acceptors (Lipinski definition) is 6. The van der Waals surface area contributed by atoms with Gasteiger partial charge in [-0.15, -0.1) is 0 Å². The second-order valence-electron chi connectivity index (χ2n) is 6.13. The highest BCUT2D eigenvalue weighted by Gasteiger charge is 2.16. The lowest BCUT2D eigenvalue weighted by atomic mass is 10.2. The van der Waals surface area contributed by atoms with Crippen molar-refractivity contribution >= 4 is 28.9 Å². The standard InChI is InChI=1S/C20H25N3O5/c1-23(2)15-8-6-13(7-9-15)21-18(24)12-19(25)22-14-10-16(26-3)20(28-5)17(11-14)27-4/h6-11H,12H2,1-5H3,(H,21,24)(H,22,25). The molecule has 0 aliphatic rings. The molecule has 0 aromatic heterocycles. The molecule has 0 saturated carbocycles. The monoisotopic (exact) mass is 387 g/mol. The number of benzene rings is 2. The smallest absolute Gasteiger partial charge is 0.233 e. The van der Waals surface area contributed by atoms with Gasteiger partial charge in [0.25, 0.3) is 0 Å². The van der Waals surface area contributed by atoms with Gasteiger partial charge in [0.15, 0.2) is 11.5 Å². The minimum absolute atomic E-state index is 0.327. The molecule has 0 aliphatic heterocycles. The number of nitrogens with one attached hydrogen (secondary N) is 2. The zero-order valence-electron chi connectivity index (χ0n) is 16.7. The van der Waals surface area contributed by atoms with E-state index in [0.717, 1.165) is 5.69 Å². The summed E-state index contributed by atoms with van der Waals surface area (Å²) in [7, 11) is 8.33. The van der Waals surface area contributed by atoms with Crippen LogP contribution in [0.1, 0.15) is 6.42 Å². The third kappa shape index (κ3) is 5.29. The molecule has 2 N–H and O–H groups in total. The molecule has 2 rings (SSSR count). The van der Waals surface area contributed by atoms with Crippen LogP contribution in [0.25, 0.3) is 0 Å². The summed E-state index contributed by atoms with van der Waals surface area (Å²) < 4.78 is 15.7. The van der Waals surface area contributed by atoms with Crippen molar-refractivity contribution in [3.8, 4) is 17.2 Å². The Balaban J connectivity index is 2.00. The van der Waals surface area contributed by atoms with Gasteiger partial charge in [0.1, 0.15) is 6.42 Å². The van der Waals surface area contributed by atoms with Gasteiger partial charge in [0.05, 0.1) is 21.3 Å². The first kappa shape index (κ1) is 20.9. The number of amides is 2. The van der Waals surface area contributed by atoms with Crippen molar-refractivity contribution in [2.75, 3.05) is 51.0 Å². The molecular weight excluding hydrogens is 362 g/mol. The van der Waals surface area contributed by atoms with Crippen molar-refractivity contribution in [3.05, 3.63) is 36.4 Å². The van der Waals surface area contributed by atoms with E-state index in [1.165, 1.54) is 21.3 Å². The Morgan fingerprint density at radius 2 is 1.32 bits per heavy atom. The highest BCUT2D eigenvalue weighted by Crippen LogP contribution is 2.39. The number of hydrogen-bond donors (Lipinski definition) is 2. The molecular formula is C20H25N3O5. The van der Waals surface area contributed by atoms with E-state index >= 15 is 0 Å². The maximum atomic E-state index is 12.2. The Morgan fingerprint density at radius 3 is 1.75 bits per heavy atom. The largest absolute Gasteiger partial charge is 0.493 e. The van der Waals surface area contributed by atoms with Crippen molar-refractivity contribution in [1.29, 1.82) is 0 Å². The number of carbonyl (C=O) groups excluding carboxylic acids is 2. The molecule has 2 amide bonds. The van der Waals surface area contributed by atoms with Crippen LogP contribution in [0.4, 0.5) is 17.1 Å². The van der Waals surface area contributed by atoms with E-state index < -0.39 is 11.8 Å². The number of rotatable bonds is 8. The van der Waals surface area contributed by atoms with Crippen LogP contribution in [-0.4, -0.2) is 47.2 Å². The molecule has 28 heavy (non-hydrogen) atoms. The van der Waals surface area contributed by atoms with Gasteiger partial charge in [-0.3, -0.25) is 9.59 Å². The first-order valence-corrected chi connectivity index (χ1v) is 8.55. The van der Waals surface area contributed by atoms with Gasteiger partial charge in [-0.25, -0.2) is 0 Å². The van der Waals surface area contributed by atoms with E-state index in [2.05, 4.69) is 10.6 Å². The maximum Gasteiger partial charge on any atom is 0.233 e. The molecule has 8 heteroatoms. The molecule has 2 aromatic carbocycles. The Hall–Kier alpha value is -3.42. The molecule has 0 atom stereocenters. The number of anilines is 3. The van der Waals surface area contributed by atoms with Crippen molar-refractivity contribution in [2.24, 2.45) is 0 Å². The van der Waals surface area contributed by atoms with Gasteiger partial charge in [0, 0.05) is 43.3 Å². The van der Waals surface area contributed by atoms with E-state index in [1.807, 2.05) is 31.1 Å². The van der Waals surface area contributed by atoms with Crippen molar-refractivity contribution < 1.29 is 23.8 Å². The first-order valence-electron chi connectivity index (χ1n) is 8.55. The summed E-state index contributed by atoms with van der Waals surface area (Å²) in [6.07, 6.45) is -0.327. The lowest BCUT2D eigenvalue weighted by molar-refractivity contribution is -0.123. The fourth-order valence-corrected chi connectivity index (χ4v) is 2.55. The molecule has 0 fully saturated rings. The van der Waals surface area contributed by atoms with E-state index in [0.29, 0.717) is 28.6 Å². The zero-order chi connectivity index (χ0) is 20.7. The Kier molecular flexibility index (Phi) is 7.08. The van der Waals surface area contributed by atoms with Crippen LogP contribution in [-0.2, 0) is 9.59 Å². The average Bonchev–Trinajstić information content (AvgIpc) is 2.67. The second kappa shape index (κ2) is 9.50. The minimum Gasteiger partial charge on any atom is -0.493 e.